The van der Waals surface area contributed by atoms with Gasteiger partial charge >= 0.3 is 0 Å². The molecule has 1 heterocycles. The third-order valence-electron chi connectivity index (χ3n) is 1.73. The van der Waals surface area contributed by atoms with Crippen molar-refractivity contribution in [1.82, 2.24) is 0 Å². The number of benzene rings is 1. The topological polar surface area (TPSA) is 0 Å². The molecule has 0 unspecified atom stereocenters. The molecule has 0 fully saturated rings. The van der Waals surface area contributed by atoms with Gasteiger partial charge in [-0.3, -0.25) is 0 Å². The molecule has 1 aliphatic heterocycles. The molecule has 0 nitrogen and oxygen atoms in total. The van der Waals surface area contributed by atoms with Crippen molar-refractivity contribution in [1.29, 1.82) is 0 Å². The SMILES string of the molecule is [c]1cccc2c1CCCS2. The van der Waals surface area contributed by atoms with Crippen molar-refractivity contribution in [2.75, 3.05) is 5.75 Å². The summed E-state index contributed by atoms with van der Waals surface area (Å²) >= 11 is 1.96. The summed E-state index contributed by atoms with van der Waals surface area (Å²) in [6.45, 7) is 0. The van der Waals surface area contributed by atoms with Gasteiger partial charge < -0.3 is 0 Å². The van der Waals surface area contributed by atoms with Crippen LogP contribution in [0.25, 0.3) is 0 Å². The maximum Gasteiger partial charge on any atom is 0.0110 e. The Balaban J connectivity index is 2.41. The van der Waals surface area contributed by atoms with E-state index in [1.54, 1.807) is 0 Å². The van der Waals surface area contributed by atoms with Gasteiger partial charge in [-0.1, -0.05) is 12.1 Å². The van der Waals surface area contributed by atoms with Crippen molar-refractivity contribution in [2.24, 2.45) is 0 Å². The van der Waals surface area contributed by atoms with Gasteiger partial charge in [-0.15, -0.1) is 11.8 Å². The van der Waals surface area contributed by atoms with Crippen LogP contribution >= 0.6 is 11.8 Å². The molecule has 0 aliphatic carbocycles. The quantitative estimate of drug-likeness (QED) is 0.546. The molecule has 0 atom stereocenters. The lowest BCUT2D eigenvalue weighted by atomic mass is 10.1. The molecule has 0 N–H and O–H groups in total. The summed E-state index contributed by atoms with van der Waals surface area (Å²) in [6, 6.07) is 9.53. The number of fused-ring (bicyclic) bond motifs is 1. The molecular weight excluding hydrogens is 140 g/mol. The van der Waals surface area contributed by atoms with E-state index in [1.165, 1.54) is 29.1 Å². The lowest BCUT2D eigenvalue weighted by molar-refractivity contribution is 0.888. The average molecular weight is 149 g/mol. The Morgan fingerprint density at radius 2 is 2.50 bits per heavy atom. The molecule has 0 amide bonds. The Morgan fingerprint density at radius 1 is 1.50 bits per heavy atom. The first-order valence-electron chi connectivity index (χ1n) is 3.59. The molecule has 0 aromatic heterocycles. The highest BCUT2D eigenvalue weighted by molar-refractivity contribution is 7.99. The molecule has 0 saturated carbocycles. The second-order valence-electron chi connectivity index (χ2n) is 2.46. The molecule has 1 aromatic carbocycles. The molecule has 51 valence electrons. The summed E-state index contributed by atoms with van der Waals surface area (Å²) in [5.74, 6) is 1.28. The number of aryl methyl sites for hydroxylation is 1. The van der Waals surface area contributed by atoms with Crippen LogP contribution < -0.4 is 0 Å². The standard InChI is InChI=1S/C9H9S/c1-2-6-9-8(4-1)5-3-7-10-9/h1-2,6H,3,5,7H2. The van der Waals surface area contributed by atoms with E-state index in [0.29, 0.717) is 0 Å². The summed E-state index contributed by atoms with van der Waals surface area (Å²) in [7, 11) is 0. The zero-order chi connectivity index (χ0) is 6.81. The highest BCUT2D eigenvalue weighted by Gasteiger charge is 2.07. The van der Waals surface area contributed by atoms with E-state index >= 15 is 0 Å². The normalized spacial score (nSPS) is 16.4. The fraction of sp³-hybridized carbons (Fsp3) is 0.333. The number of thioether (sulfide) groups is 1. The third-order valence-corrected chi connectivity index (χ3v) is 2.91. The third kappa shape index (κ3) is 1.06. The summed E-state index contributed by atoms with van der Waals surface area (Å²) in [6.07, 6.45) is 2.54. The largest absolute Gasteiger partial charge is 0.126 e. The molecule has 2 rings (SSSR count). The molecule has 0 saturated heterocycles. The van der Waals surface area contributed by atoms with E-state index in [0.717, 1.165) is 0 Å². The van der Waals surface area contributed by atoms with Gasteiger partial charge in [0.25, 0.3) is 0 Å². The van der Waals surface area contributed by atoms with Crippen molar-refractivity contribution < 1.29 is 0 Å². The Kier molecular flexibility index (Phi) is 1.68. The van der Waals surface area contributed by atoms with Crippen LogP contribution in [0.3, 0.4) is 0 Å². The minimum atomic E-state index is 1.23. The molecule has 1 aromatic rings. The molecule has 0 spiro atoms. The highest BCUT2D eigenvalue weighted by Crippen LogP contribution is 2.28. The summed E-state index contributed by atoms with van der Waals surface area (Å²) in [4.78, 5) is 1.44. The fourth-order valence-corrected chi connectivity index (χ4v) is 2.24. The van der Waals surface area contributed by atoms with E-state index in [2.05, 4.69) is 18.2 Å². The first-order valence-corrected chi connectivity index (χ1v) is 4.58. The summed E-state index contributed by atoms with van der Waals surface area (Å²) in [5, 5.41) is 0. The van der Waals surface area contributed by atoms with E-state index < -0.39 is 0 Å². The average Bonchev–Trinajstić information content (AvgIpc) is 2.05. The smallest absolute Gasteiger partial charge is 0.0110 e. The van der Waals surface area contributed by atoms with Crippen LogP contribution in [-0.4, -0.2) is 5.75 Å². The van der Waals surface area contributed by atoms with E-state index in [-0.39, 0.29) is 0 Å². The predicted octanol–water partition coefficient (Wildman–Crippen LogP) is 2.53. The first-order chi connectivity index (χ1) is 4.97. The second-order valence-corrected chi connectivity index (χ2v) is 3.60. The molecule has 1 heteroatoms. The Morgan fingerprint density at radius 3 is 3.40 bits per heavy atom. The maximum absolute atomic E-state index is 3.27. The Labute approximate surface area is 65.6 Å². The number of rotatable bonds is 0. The van der Waals surface area contributed by atoms with Gasteiger partial charge in [0, 0.05) is 4.90 Å². The summed E-state index contributed by atoms with van der Waals surface area (Å²) < 4.78 is 0. The van der Waals surface area contributed by atoms with Crippen LogP contribution in [0.1, 0.15) is 12.0 Å². The van der Waals surface area contributed by atoms with Crippen LogP contribution in [0.4, 0.5) is 0 Å². The first kappa shape index (κ1) is 6.29. The van der Waals surface area contributed by atoms with Crippen molar-refractivity contribution >= 4 is 11.8 Å². The van der Waals surface area contributed by atoms with Gasteiger partial charge in [-0.25, -0.2) is 0 Å². The monoisotopic (exact) mass is 149 g/mol. The van der Waals surface area contributed by atoms with Gasteiger partial charge in [0.2, 0.25) is 0 Å². The number of hydrogen-bond donors (Lipinski definition) is 0. The van der Waals surface area contributed by atoms with E-state index in [4.69, 9.17) is 0 Å². The molecular formula is C9H9S. The van der Waals surface area contributed by atoms with Crippen LogP contribution in [0, 0.1) is 6.07 Å². The van der Waals surface area contributed by atoms with Gasteiger partial charge in [0.15, 0.2) is 0 Å². The molecule has 0 bridgehead atoms. The zero-order valence-corrected chi connectivity index (χ0v) is 6.58. The van der Waals surface area contributed by atoms with Gasteiger partial charge in [-0.05, 0) is 36.3 Å². The van der Waals surface area contributed by atoms with Gasteiger partial charge in [-0.2, -0.15) is 0 Å². The van der Waals surface area contributed by atoms with Crippen molar-refractivity contribution in [3.63, 3.8) is 0 Å². The lowest BCUT2D eigenvalue weighted by Gasteiger charge is -2.12. The van der Waals surface area contributed by atoms with Crippen LogP contribution in [-0.2, 0) is 6.42 Å². The van der Waals surface area contributed by atoms with Gasteiger partial charge in [0.05, 0.1) is 0 Å². The maximum atomic E-state index is 3.27. The Bertz CT molecular complexity index is 205. The summed E-state index contributed by atoms with van der Waals surface area (Å²) in [5.41, 5.74) is 1.42. The van der Waals surface area contributed by atoms with Crippen molar-refractivity contribution in [3.8, 4) is 0 Å². The highest BCUT2D eigenvalue weighted by atomic mass is 32.2. The van der Waals surface area contributed by atoms with Crippen LogP contribution in [0.15, 0.2) is 23.1 Å². The fourth-order valence-electron chi connectivity index (χ4n) is 1.22. The zero-order valence-electron chi connectivity index (χ0n) is 5.76. The minimum Gasteiger partial charge on any atom is -0.126 e. The minimum absolute atomic E-state index is 1.23. The lowest BCUT2D eigenvalue weighted by Crippen LogP contribution is -1.96. The van der Waals surface area contributed by atoms with Crippen molar-refractivity contribution in [3.05, 3.63) is 29.8 Å². The molecule has 1 radical (unpaired) electrons. The predicted molar refractivity (Wildman–Crippen MR) is 44.3 cm³/mol. The number of hydrogen-bond acceptors (Lipinski definition) is 1. The molecule has 1 aliphatic rings. The van der Waals surface area contributed by atoms with Crippen molar-refractivity contribution in [2.45, 2.75) is 17.7 Å². The van der Waals surface area contributed by atoms with Crippen LogP contribution in [0.2, 0.25) is 0 Å². The van der Waals surface area contributed by atoms with E-state index in [9.17, 15) is 0 Å². The second kappa shape index (κ2) is 2.67. The van der Waals surface area contributed by atoms with Crippen LogP contribution in [0.5, 0.6) is 0 Å². The Hall–Kier alpha value is -0.430. The van der Waals surface area contributed by atoms with E-state index in [1.807, 2.05) is 17.8 Å². The van der Waals surface area contributed by atoms with Gasteiger partial charge in [0.1, 0.15) is 0 Å². The molecule has 10 heavy (non-hydrogen) atoms.